The van der Waals surface area contributed by atoms with Gasteiger partial charge in [0, 0.05) is 19.1 Å². The molecule has 3 N–H and O–H groups in total. The van der Waals surface area contributed by atoms with Crippen molar-refractivity contribution >= 4 is 5.91 Å². The molecule has 2 fully saturated rings. The van der Waals surface area contributed by atoms with Gasteiger partial charge in [-0.15, -0.1) is 0 Å². The van der Waals surface area contributed by atoms with Gasteiger partial charge in [-0.2, -0.15) is 5.26 Å². The summed E-state index contributed by atoms with van der Waals surface area (Å²) < 4.78 is 0. The third-order valence-electron chi connectivity index (χ3n) is 4.16. The summed E-state index contributed by atoms with van der Waals surface area (Å²) in [7, 11) is 0. The summed E-state index contributed by atoms with van der Waals surface area (Å²) in [5.41, 5.74) is 5.28. The Labute approximate surface area is 115 Å². The normalized spacial score (nSPS) is 31.3. The SMILES string of the molecule is CC1CC(N)CN(CC(=O)NC(C)(C#N)C2CC2)C1. The molecule has 0 aromatic carbocycles. The monoisotopic (exact) mass is 264 g/mol. The maximum atomic E-state index is 12.1. The van der Waals surface area contributed by atoms with Crippen molar-refractivity contribution in [2.24, 2.45) is 17.6 Å². The molecule has 106 valence electrons. The number of nitrogens with one attached hydrogen (secondary N) is 1. The Morgan fingerprint density at radius 2 is 2.21 bits per heavy atom. The summed E-state index contributed by atoms with van der Waals surface area (Å²) in [5, 5.41) is 12.1. The third-order valence-corrected chi connectivity index (χ3v) is 4.16. The van der Waals surface area contributed by atoms with Crippen LogP contribution in [0.3, 0.4) is 0 Å². The van der Waals surface area contributed by atoms with E-state index in [1.807, 2.05) is 6.92 Å². The van der Waals surface area contributed by atoms with E-state index in [-0.39, 0.29) is 11.9 Å². The Kier molecular flexibility index (Phi) is 4.12. The van der Waals surface area contributed by atoms with Crippen molar-refractivity contribution in [2.45, 2.75) is 44.7 Å². The van der Waals surface area contributed by atoms with E-state index in [4.69, 9.17) is 5.73 Å². The number of nitriles is 1. The molecule has 0 bridgehead atoms. The van der Waals surface area contributed by atoms with Gasteiger partial charge in [0.25, 0.3) is 0 Å². The quantitative estimate of drug-likeness (QED) is 0.773. The van der Waals surface area contributed by atoms with E-state index < -0.39 is 5.54 Å². The summed E-state index contributed by atoms with van der Waals surface area (Å²) in [6, 6.07) is 2.41. The molecule has 1 aliphatic heterocycles. The summed E-state index contributed by atoms with van der Waals surface area (Å²) in [4.78, 5) is 14.2. The fourth-order valence-corrected chi connectivity index (χ4v) is 3.06. The first-order valence-corrected chi connectivity index (χ1v) is 7.13. The van der Waals surface area contributed by atoms with E-state index in [0.29, 0.717) is 18.4 Å². The first-order chi connectivity index (χ1) is 8.93. The zero-order chi connectivity index (χ0) is 14.0. The predicted molar refractivity (Wildman–Crippen MR) is 73.1 cm³/mol. The minimum absolute atomic E-state index is 0.0581. The maximum absolute atomic E-state index is 12.1. The number of carbonyl (C=O) groups excluding carboxylic acids is 1. The van der Waals surface area contributed by atoms with Crippen molar-refractivity contribution in [3.8, 4) is 6.07 Å². The van der Waals surface area contributed by atoms with E-state index in [1.165, 1.54) is 0 Å². The summed E-state index contributed by atoms with van der Waals surface area (Å²) in [6.07, 6.45) is 3.10. The lowest BCUT2D eigenvalue weighted by Crippen LogP contribution is -2.53. The molecule has 1 amide bonds. The van der Waals surface area contributed by atoms with Crippen LogP contribution in [0.1, 0.15) is 33.1 Å². The zero-order valence-corrected chi connectivity index (χ0v) is 11.9. The van der Waals surface area contributed by atoms with Gasteiger partial charge in [-0.05, 0) is 38.0 Å². The van der Waals surface area contributed by atoms with Crippen LogP contribution < -0.4 is 11.1 Å². The molecule has 0 spiro atoms. The Hall–Kier alpha value is -1.12. The van der Waals surface area contributed by atoms with Crippen LogP contribution in [-0.4, -0.2) is 42.0 Å². The van der Waals surface area contributed by atoms with E-state index in [1.54, 1.807) is 0 Å². The third kappa shape index (κ3) is 3.68. The highest BCUT2D eigenvalue weighted by molar-refractivity contribution is 5.79. The number of rotatable bonds is 4. The fraction of sp³-hybridized carbons (Fsp3) is 0.857. The number of carbonyl (C=O) groups is 1. The van der Waals surface area contributed by atoms with Crippen molar-refractivity contribution in [1.82, 2.24) is 10.2 Å². The summed E-state index contributed by atoms with van der Waals surface area (Å²) >= 11 is 0. The Morgan fingerprint density at radius 1 is 1.53 bits per heavy atom. The van der Waals surface area contributed by atoms with Crippen LogP contribution in [0.25, 0.3) is 0 Å². The molecule has 1 heterocycles. The second-order valence-corrected chi connectivity index (χ2v) is 6.43. The van der Waals surface area contributed by atoms with Crippen LogP contribution in [-0.2, 0) is 4.79 Å². The van der Waals surface area contributed by atoms with Gasteiger partial charge in [0.15, 0.2) is 0 Å². The van der Waals surface area contributed by atoms with Crippen LogP contribution in [0.4, 0.5) is 0 Å². The van der Waals surface area contributed by atoms with E-state index in [0.717, 1.165) is 32.4 Å². The molecule has 3 atom stereocenters. The lowest BCUT2D eigenvalue weighted by atomic mass is 9.96. The molecule has 0 aromatic rings. The largest absolute Gasteiger partial charge is 0.337 e. The maximum Gasteiger partial charge on any atom is 0.235 e. The smallest absolute Gasteiger partial charge is 0.235 e. The van der Waals surface area contributed by atoms with Crippen molar-refractivity contribution in [3.63, 3.8) is 0 Å². The van der Waals surface area contributed by atoms with Crippen LogP contribution in [0.2, 0.25) is 0 Å². The van der Waals surface area contributed by atoms with Crippen LogP contribution in [0.15, 0.2) is 0 Å². The predicted octanol–water partition coefficient (Wildman–Crippen LogP) is 0.464. The lowest BCUT2D eigenvalue weighted by Gasteiger charge is -2.35. The molecule has 0 radical (unpaired) electrons. The minimum Gasteiger partial charge on any atom is -0.337 e. The Balaban J connectivity index is 1.85. The molecule has 1 saturated heterocycles. The number of amides is 1. The van der Waals surface area contributed by atoms with Crippen molar-refractivity contribution < 1.29 is 4.79 Å². The molecule has 1 aliphatic carbocycles. The molecule has 5 nitrogen and oxygen atoms in total. The topological polar surface area (TPSA) is 82.2 Å². The lowest BCUT2D eigenvalue weighted by molar-refractivity contribution is -0.124. The molecule has 1 saturated carbocycles. The zero-order valence-electron chi connectivity index (χ0n) is 11.9. The molecule has 19 heavy (non-hydrogen) atoms. The van der Waals surface area contributed by atoms with Gasteiger partial charge in [-0.25, -0.2) is 0 Å². The Morgan fingerprint density at radius 3 is 2.74 bits per heavy atom. The molecular weight excluding hydrogens is 240 g/mol. The first kappa shape index (κ1) is 14.3. The average Bonchev–Trinajstić information content (AvgIpc) is 3.10. The van der Waals surface area contributed by atoms with Crippen molar-refractivity contribution in [2.75, 3.05) is 19.6 Å². The standard InChI is InChI=1S/C14H24N4O/c1-10-5-12(16)7-18(6-10)8-13(19)17-14(2,9-15)11-3-4-11/h10-12H,3-8,16H2,1-2H3,(H,17,19). The first-order valence-electron chi connectivity index (χ1n) is 7.13. The van der Waals surface area contributed by atoms with Crippen molar-refractivity contribution in [3.05, 3.63) is 0 Å². The molecular formula is C14H24N4O. The highest BCUT2D eigenvalue weighted by atomic mass is 16.2. The molecule has 2 aliphatic rings. The number of hydrogen-bond donors (Lipinski definition) is 2. The van der Waals surface area contributed by atoms with Gasteiger partial charge in [-0.1, -0.05) is 6.92 Å². The number of likely N-dealkylation sites (tertiary alicyclic amines) is 1. The highest BCUT2D eigenvalue weighted by Crippen LogP contribution is 2.39. The number of hydrogen-bond acceptors (Lipinski definition) is 4. The number of piperidine rings is 1. The summed E-state index contributed by atoms with van der Waals surface area (Å²) in [6.45, 7) is 6.01. The van der Waals surface area contributed by atoms with E-state index in [2.05, 4.69) is 23.2 Å². The van der Waals surface area contributed by atoms with E-state index >= 15 is 0 Å². The molecule has 2 rings (SSSR count). The fourth-order valence-electron chi connectivity index (χ4n) is 3.06. The van der Waals surface area contributed by atoms with E-state index in [9.17, 15) is 10.1 Å². The summed E-state index contributed by atoms with van der Waals surface area (Å²) in [5.74, 6) is 0.795. The van der Waals surface area contributed by atoms with Crippen LogP contribution in [0.5, 0.6) is 0 Å². The minimum atomic E-state index is -0.694. The van der Waals surface area contributed by atoms with Gasteiger partial charge in [0.2, 0.25) is 5.91 Å². The number of nitrogens with two attached hydrogens (primary N) is 1. The van der Waals surface area contributed by atoms with Crippen LogP contribution in [0, 0.1) is 23.2 Å². The second kappa shape index (κ2) is 5.48. The van der Waals surface area contributed by atoms with Gasteiger partial charge in [0.1, 0.15) is 5.54 Å². The van der Waals surface area contributed by atoms with Gasteiger partial charge in [0.05, 0.1) is 12.6 Å². The highest BCUT2D eigenvalue weighted by Gasteiger charge is 2.43. The molecule has 0 aromatic heterocycles. The average molecular weight is 264 g/mol. The number of nitrogens with zero attached hydrogens (tertiary/aromatic N) is 2. The van der Waals surface area contributed by atoms with Gasteiger partial charge in [-0.3, -0.25) is 9.69 Å². The van der Waals surface area contributed by atoms with Crippen molar-refractivity contribution in [1.29, 1.82) is 5.26 Å². The van der Waals surface area contributed by atoms with Crippen LogP contribution >= 0.6 is 0 Å². The molecule has 3 unspecified atom stereocenters. The second-order valence-electron chi connectivity index (χ2n) is 6.43. The molecule has 5 heteroatoms. The van der Waals surface area contributed by atoms with Gasteiger partial charge >= 0.3 is 0 Å². The van der Waals surface area contributed by atoms with Gasteiger partial charge < -0.3 is 11.1 Å². The Bertz CT molecular complexity index is 377.